The maximum atomic E-state index is 12.4. The largest absolute Gasteiger partial charge is 0.338 e. The Hall–Kier alpha value is -1.39. The normalized spacial score (nSPS) is 21.9. The molecule has 5 heteroatoms. The van der Waals surface area contributed by atoms with Crippen LogP contribution in [-0.2, 0) is 9.59 Å². The quantitative estimate of drug-likeness (QED) is 0.715. The zero-order valence-corrected chi connectivity index (χ0v) is 11.9. The highest BCUT2D eigenvalue weighted by Gasteiger charge is 2.28. The van der Waals surface area contributed by atoms with Crippen molar-refractivity contribution in [3.05, 3.63) is 0 Å². The van der Waals surface area contributed by atoms with Gasteiger partial charge in [-0.1, -0.05) is 25.7 Å². The van der Waals surface area contributed by atoms with Crippen LogP contribution in [-0.4, -0.2) is 47.6 Å². The summed E-state index contributed by atoms with van der Waals surface area (Å²) in [4.78, 5) is 25.6. The van der Waals surface area contributed by atoms with Gasteiger partial charge in [-0.2, -0.15) is 5.10 Å². The van der Waals surface area contributed by atoms with Crippen LogP contribution in [0.25, 0.3) is 0 Å². The maximum Gasteiger partial charge on any atom is 0.270 e. The van der Waals surface area contributed by atoms with Crippen LogP contribution in [0.1, 0.15) is 51.4 Å². The highest BCUT2D eigenvalue weighted by molar-refractivity contribution is 6.39. The fraction of sp³-hybridized carbons (Fsp3) is 0.786. The second-order valence-electron chi connectivity index (χ2n) is 5.53. The molecular weight excluding hydrogens is 242 g/mol. The van der Waals surface area contributed by atoms with Crippen LogP contribution in [0, 0.1) is 0 Å². The van der Waals surface area contributed by atoms with Gasteiger partial charge in [-0.05, 0) is 12.8 Å². The number of hydrogen-bond acceptors (Lipinski definition) is 3. The molecule has 1 saturated carbocycles. The molecule has 1 fully saturated rings. The summed E-state index contributed by atoms with van der Waals surface area (Å²) in [6, 6.07) is 0.334. The Labute approximate surface area is 114 Å². The predicted octanol–water partition coefficient (Wildman–Crippen LogP) is 1.78. The number of nitrogens with zero attached hydrogens (tertiary/aromatic N) is 3. The number of hydrogen-bond donors (Lipinski definition) is 0. The molecular formula is C14H23N3O2. The third-order valence-corrected chi connectivity index (χ3v) is 4.15. The average Bonchev–Trinajstić information content (AvgIpc) is 2.69. The van der Waals surface area contributed by atoms with E-state index < -0.39 is 0 Å². The van der Waals surface area contributed by atoms with E-state index in [1.807, 2.05) is 11.9 Å². The number of amides is 2. The molecule has 19 heavy (non-hydrogen) atoms. The minimum absolute atomic E-state index is 0.00810. The molecule has 0 aromatic carbocycles. The first-order valence-corrected chi connectivity index (χ1v) is 7.21. The molecule has 0 radical (unpaired) electrons. The van der Waals surface area contributed by atoms with Crippen molar-refractivity contribution >= 4 is 17.5 Å². The van der Waals surface area contributed by atoms with Gasteiger partial charge in [-0.15, -0.1) is 0 Å². The predicted molar refractivity (Wildman–Crippen MR) is 73.7 cm³/mol. The monoisotopic (exact) mass is 265 g/mol. The Bertz CT molecular complexity index is 384. The highest BCUT2D eigenvalue weighted by Crippen LogP contribution is 2.22. The smallest absolute Gasteiger partial charge is 0.270 e. The van der Waals surface area contributed by atoms with Crippen LogP contribution in [0.2, 0.25) is 0 Å². The first-order valence-electron chi connectivity index (χ1n) is 7.21. The molecule has 2 rings (SSSR count). The van der Waals surface area contributed by atoms with Crippen molar-refractivity contribution in [3.8, 4) is 0 Å². The van der Waals surface area contributed by atoms with E-state index in [1.54, 1.807) is 7.05 Å². The number of carbonyl (C=O) groups excluding carboxylic acids is 2. The standard InChI is InChI=1S/C14H23N3O2/c1-16(11-7-5-3-4-6-8-11)14(19)12-9-10-13(18)17(2)15-12/h11H,3-10H2,1-2H3. The molecule has 1 aliphatic carbocycles. The van der Waals surface area contributed by atoms with Crippen LogP contribution in [0.15, 0.2) is 5.10 Å². The molecule has 0 aromatic rings. The van der Waals surface area contributed by atoms with E-state index in [9.17, 15) is 9.59 Å². The van der Waals surface area contributed by atoms with Crippen LogP contribution < -0.4 is 0 Å². The molecule has 0 spiro atoms. The molecule has 1 heterocycles. The van der Waals surface area contributed by atoms with E-state index in [-0.39, 0.29) is 11.8 Å². The molecule has 0 atom stereocenters. The minimum atomic E-state index is -0.0198. The lowest BCUT2D eigenvalue weighted by molar-refractivity contribution is -0.130. The minimum Gasteiger partial charge on any atom is -0.338 e. The Balaban J connectivity index is 2.02. The maximum absolute atomic E-state index is 12.4. The summed E-state index contributed by atoms with van der Waals surface area (Å²) in [6.45, 7) is 0. The molecule has 5 nitrogen and oxygen atoms in total. The van der Waals surface area contributed by atoms with Crippen LogP contribution in [0.3, 0.4) is 0 Å². The lowest BCUT2D eigenvalue weighted by Gasteiger charge is -2.29. The lowest BCUT2D eigenvalue weighted by Crippen LogP contribution is -2.43. The van der Waals surface area contributed by atoms with Crippen molar-refractivity contribution in [1.82, 2.24) is 9.91 Å². The molecule has 1 aliphatic heterocycles. The fourth-order valence-electron chi connectivity index (χ4n) is 2.84. The molecule has 106 valence electrons. The molecule has 0 aromatic heterocycles. The van der Waals surface area contributed by atoms with Crippen molar-refractivity contribution in [1.29, 1.82) is 0 Å². The Morgan fingerprint density at radius 2 is 1.84 bits per heavy atom. The van der Waals surface area contributed by atoms with Crippen molar-refractivity contribution in [3.63, 3.8) is 0 Å². The van der Waals surface area contributed by atoms with Crippen molar-refractivity contribution in [2.24, 2.45) is 5.10 Å². The Kier molecular flexibility index (Phi) is 4.56. The topological polar surface area (TPSA) is 53.0 Å². The van der Waals surface area contributed by atoms with Gasteiger partial charge >= 0.3 is 0 Å². The molecule has 0 saturated heterocycles. The van der Waals surface area contributed by atoms with Gasteiger partial charge in [-0.3, -0.25) is 9.59 Å². The summed E-state index contributed by atoms with van der Waals surface area (Å²) < 4.78 is 0. The first-order chi connectivity index (χ1) is 9.09. The zero-order chi connectivity index (χ0) is 13.8. The van der Waals surface area contributed by atoms with Crippen LogP contribution in [0.5, 0.6) is 0 Å². The van der Waals surface area contributed by atoms with Crippen LogP contribution >= 0.6 is 0 Å². The van der Waals surface area contributed by atoms with Gasteiger partial charge in [0.1, 0.15) is 5.71 Å². The van der Waals surface area contributed by atoms with Crippen LogP contribution in [0.4, 0.5) is 0 Å². The van der Waals surface area contributed by atoms with Crippen molar-refractivity contribution < 1.29 is 9.59 Å². The summed E-state index contributed by atoms with van der Waals surface area (Å²) in [7, 11) is 3.48. The third kappa shape index (κ3) is 3.33. The summed E-state index contributed by atoms with van der Waals surface area (Å²) in [6.07, 6.45) is 7.99. The van der Waals surface area contributed by atoms with E-state index in [2.05, 4.69) is 5.10 Å². The van der Waals surface area contributed by atoms with Crippen molar-refractivity contribution in [2.45, 2.75) is 57.4 Å². The second-order valence-corrected chi connectivity index (χ2v) is 5.53. The van der Waals surface area contributed by atoms with Gasteiger partial charge in [-0.25, -0.2) is 5.01 Å². The lowest BCUT2D eigenvalue weighted by atomic mass is 10.1. The van der Waals surface area contributed by atoms with E-state index >= 15 is 0 Å². The molecule has 2 amide bonds. The van der Waals surface area contributed by atoms with Gasteiger partial charge in [0.05, 0.1) is 0 Å². The Morgan fingerprint density at radius 1 is 1.21 bits per heavy atom. The average molecular weight is 265 g/mol. The first kappa shape index (κ1) is 14.0. The van der Waals surface area contributed by atoms with Gasteiger partial charge in [0.2, 0.25) is 5.91 Å². The summed E-state index contributed by atoms with van der Waals surface area (Å²) >= 11 is 0. The molecule has 0 bridgehead atoms. The summed E-state index contributed by atoms with van der Waals surface area (Å²) in [5.74, 6) is -0.0279. The van der Waals surface area contributed by atoms with Gasteiger partial charge in [0.25, 0.3) is 5.91 Å². The summed E-state index contributed by atoms with van der Waals surface area (Å²) in [5.41, 5.74) is 0.522. The van der Waals surface area contributed by atoms with E-state index in [1.165, 1.54) is 30.7 Å². The SMILES string of the molecule is CN1N=C(C(=O)N(C)C2CCCCCC2)CCC1=O. The number of hydrazone groups is 1. The molecule has 0 unspecified atom stereocenters. The fourth-order valence-corrected chi connectivity index (χ4v) is 2.84. The number of carbonyl (C=O) groups is 2. The van der Waals surface area contributed by atoms with Crippen molar-refractivity contribution in [2.75, 3.05) is 14.1 Å². The van der Waals surface area contributed by atoms with Gasteiger partial charge in [0, 0.05) is 33.0 Å². The summed E-state index contributed by atoms with van der Waals surface area (Å²) in [5, 5.41) is 5.40. The number of rotatable bonds is 2. The second kappa shape index (κ2) is 6.17. The van der Waals surface area contributed by atoms with Gasteiger partial charge < -0.3 is 4.90 Å². The molecule has 2 aliphatic rings. The molecule has 0 N–H and O–H groups in total. The van der Waals surface area contributed by atoms with Gasteiger partial charge in [0.15, 0.2) is 0 Å². The van der Waals surface area contributed by atoms with E-state index in [0.29, 0.717) is 24.6 Å². The third-order valence-electron chi connectivity index (χ3n) is 4.15. The van der Waals surface area contributed by atoms with E-state index in [4.69, 9.17) is 0 Å². The Morgan fingerprint density at radius 3 is 2.42 bits per heavy atom. The van der Waals surface area contributed by atoms with E-state index in [0.717, 1.165) is 12.8 Å². The zero-order valence-electron chi connectivity index (χ0n) is 11.9. The highest BCUT2D eigenvalue weighted by atomic mass is 16.2.